The summed E-state index contributed by atoms with van der Waals surface area (Å²) >= 11 is 1.31. The predicted octanol–water partition coefficient (Wildman–Crippen LogP) is 3.22. The molecule has 2 aromatic rings. The molecule has 2 aromatic heterocycles. The number of aryl methyl sites for hydroxylation is 1. The average Bonchev–Trinajstić information content (AvgIpc) is 3.05. The zero-order valence-corrected chi connectivity index (χ0v) is 12.4. The zero-order valence-electron chi connectivity index (χ0n) is 11.6. The number of hydrogen-bond donors (Lipinski definition) is 0. The molecule has 0 atom stereocenters. The summed E-state index contributed by atoms with van der Waals surface area (Å²) in [4.78, 5) is 23.0. The normalized spacial score (nSPS) is 19.0. The first kappa shape index (κ1) is 13.6. The number of amidine groups is 1. The number of rotatable bonds is 2. The van der Waals surface area contributed by atoms with Crippen LogP contribution >= 0.6 is 11.8 Å². The number of pyridine rings is 1. The third kappa shape index (κ3) is 2.90. The number of likely N-dealkylation sites (N-methyl/N-ethyl adjacent to an activating group) is 1. The van der Waals surface area contributed by atoms with Crippen molar-refractivity contribution in [2.75, 3.05) is 7.05 Å². The van der Waals surface area contributed by atoms with Gasteiger partial charge in [0.25, 0.3) is 5.91 Å². The highest BCUT2D eigenvalue weighted by molar-refractivity contribution is 8.18. The lowest BCUT2D eigenvalue weighted by atomic mass is 10.3. The van der Waals surface area contributed by atoms with E-state index in [0.29, 0.717) is 21.7 Å². The number of furan rings is 1. The van der Waals surface area contributed by atoms with Crippen molar-refractivity contribution in [3.63, 3.8) is 0 Å². The molecule has 0 bridgehead atoms. The van der Waals surface area contributed by atoms with Gasteiger partial charge in [-0.05, 0) is 43.0 Å². The average molecular weight is 299 g/mol. The largest absolute Gasteiger partial charge is 0.465 e. The van der Waals surface area contributed by atoms with E-state index in [-0.39, 0.29) is 5.91 Å². The maximum absolute atomic E-state index is 12.2. The molecule has 1 aliphatic rings. The minimum Gasteiger partial charge on any atom is -0.465 e. The van der Waals surface area contributed by atoms with Crippen molar-refractivity contribution in [3.8, 4) is 0 Å². The number of hydrogen-bond acceptors (Lipinski definition) is 5. The second-order valence-corrected chi connectivity index (χ2v) is 5.53. The van der Waals surface area contributed by atoms with Gasteiger partial charge >= 0.3 is 0 Å². The van der Waals surface area contributed by atoms with Gasteiger partial charge in [-0.25, -0.2) is 9.98 Å². The molecule has 3 rings (SSSR count). The number of aliphatic imine (C=N–C) groups is 1. The van der Waals surface area contributed by atoms with E-state index in [1.165, 1.54) is 16.7 Å². The molecule has 0 aromatic carbocycles. The van der Waals surface area contributed by atoms with Gasteiger partial charge in [0.15, 0.2) is 11.0 Å². The van der Waals surface area contributed by atoms with Gasteiger partial charge in [-0.2, -0.15) is 0 Å². The molecule has 21 heavy (non-hydrogen) atoms. The van der Waals surface area contributed by atoms with Crippen LogP contribution in [0.15, 0.2) is 50.9 Å². The Kier molecular flexibility index (Phi) is 3.62. The summed E-state index contributed by atoms with van der Waals surface area (Å²) in [6.45, 7) is 1.91. The monoisotopic (exact) mass is 299 g/mol. The fourth-order valence-corrected chi connectivity index (χ4v) is 2.80. The number of amides is 1. The standard InChI is InChI=1S/C15H13N3O2S/c1-10-5-3-7-13(16-10)17-15-18(2)14(19)12(21-15)9-11-6-4-8-20-11/h3-9H,1-2H3/b12-9+,17-15+. The molecule has 5 nitrogen and oxygen atoms in total. The van der Waals surface area contributed by atoms with Crippen LogP contribution in [0.25, 0.3) is 6.08 Å². The second kappa shape index (κ2) is 5.57. The van der Waals surface area contributed by atoms with Crippen LogP contribution in [0.3, 0.4) is 0 Å². The molecule has 1 amide bonds. The minimum atomic E-state index is -0.0946. The number of carbonyl (C=O) groups is 1. The molecule has 106 valence electrons. The lowest BCUT2D eigenvalue weighted by Gasteiger charge is -2.06. The van der Waals surface area contributed by atoms with E-state index in [2.05, 4.69) is 9.98 Å². The summed E-state index contributed by atoms with van der Waals surface area (Å²) < 4.78 is 5.24. The zero-order chi connectivity index (χ0) is 14.8. The number of nitrogens with zero attached hydrogens (tertiary/aromatic N) is 3. The summed E-state index contributed by atoms with van der Waals surface area (Å²) in [5, 5.41) is 0.607. The van der Waals surface area contributed by atoms with Crippen molar-refractivity contribution >= 4 is 34.7 Å². The highest BCUT2D eigenvalue weighted by Gasteiger charge is 2.30. The molecule has 1 fully saturated rings. The molecule has 0 spiro atoms. The van der Waals surface area contributed by atoms with Crippen molar-refractivity contribution in [1.29, 1.82) is 0 Å². The molecule has 1 saturated heterocycles. The van der Waals surface area contributed by atoms with Crippen LogP contribution in [0.2, 0.25) is 0 Å². The fourth-order valence-electron chi connectivity index (χ4n) is 1.84. The first-order valence-corrected chi connectivity index (χ1v) is 7.18. The van der Waals surface area contributed by atoms with E-state index in [9.17, 15) is 4.79 Å². The molecule has 6 heteroatoms. The van der Waals surface area contributed by atoms with Crippen LogP contribution in [0.4, 0.5) is 5.82 Å². The second-order valence-electron chi connectivity index (χ2n) is 4.52. The Morgan fingerprint density at radius 3 is 2.90 bits per heavy atom. The van der Waals surface area contributed by atoms with Crippen LogP contribution < -0.4 is 0 Å². The molecule has 0 unspecified atom stereocenters. The predicted molar refractivity (Wildman–Crippen MR) is 83.1 cm³/mol. The molecule has 0 radical (unpaired) electrons. The molecule has 0 saturated carbocycles. The van der Waals surface area contributed by atoms with Crippen LogP contribution in [-0.4, -0.2) is 28.0 Å². The summed E-state index contributed by atoms with van der Waals surface area (Å²) in [6, 6.07) is 9.20. The quantitative estimate of drug-likeness (QED) is 0.799. The topological polar surface area (TPSA) is 58.7 Å². The van der Waals surface area contributed by atoms with Crippen LogP contribution in [-0.2, 0) is 4.79 Å². The Bertz CT molecular complexity index is 735. The van der Waals surface area contributed by atoms with E-state index in [4.69, 9.17) is 4.42 Å². The van der Waals surface area contributed by atoms with Crippen molar-refractivity contribution in [2.24, 2.45) is 4.99 Å². The van der Waals surface area contributed by atoms with Crippen molar-refractivity contribution < 1.29 is 9.21 Å². The first-order valence-electron chi connectivity index (χ1n) is 6.37. The highest BCUT2D eigenvalue weighted by Crippen LogP contribution is 2.32. The van der Waals surface area contributed by atoms with E-state index >= 15 is 0 Å². The Balaban J connectivity index is 1.90. The molecular formula is C15H13N3O2S. The summed E-state index contributed by atoms with van der Waals surface area (Å²) in [5.74, 6) is 1.15. The number of aromatic nitrogens is 1. The first-order chi connectivity index (χ1) is 10.1. The van der Waals surface area contributed by atoms with Crippen molar-refractivity contribution in [1.82, 2.24) is 9.88 Å². The summed E-state index contributed by atoms with van der Waals surface area (Å²) in [6.07, 6.45) is 3.29. The van der Waals surface area contributed by atoms with Crippen molar-refractivity contribution in [3.05, 3.63) is 53.0 Å². The Labute approximate surface area is 126 Å². The van der Waals surface area contributed by atoms with Crippen molar-refractivity contribution in [2.45, 2.75) is 6.92 Å². The van der Waals surface area contributed by atoms with Crippen LogP contribution in [0, 0.1) is 6.92 Å². The molecule has 0 N–H and O–H groups in total. The minimum absolute atomic E-state index is 0.0946. The van der Waals surface area contributed by atoms with E-state index in [0.717, 1.165) is 5.69 Å². The van der Waals surface area contributed by atoms with Crippen LogP contribution in [0.5, 0.6) is 0 Å². The maximum atomic E-state index is 12.2. The van der Waals surface area contributed by atoms with Gasteiger partial charge in [0.1, 0.15) is 5.76 Å². The van der Waals surface area contributed by atoms with Gasteiger partial charge in [-0.15, -0.1) is 0 Å². The van der Waals surface area contributed by atoms with Gasteiger partial charge in [0, 0.05) is 18.8 Å². The van der Waals surface area contributed by atoms with Gasteiger partial charge < -0.3 is 4.42 Å². The third-order valence-electron chi connectivity index (χ3n) is 2.90. The highest BCUT2D eigenvalue weighted by atomic mass is 32.2. The van der Waals surface area contributed by atoms with Gasteiger partial charge in [0.05, 0.1) is 11.2 Å². The lowest BCUT2D eigenvalue weighted by Crippen LogP contribution is -2.23. The van der Waals surface area contributed by atoms with Gasteiger partial charge in [0.2, 0.25) is 0 Å². The molecule has 1 aliphatic heterocycles. The van der Waals surface area contributed by atoms with Gasteiger partial charge in [-0.3, -0.25) is 9.69 Å². The number of carbonyl (C=O) groups excluding carboxylic acids is 1. The van der Waals surface area contributed by atoms with Crippen LogP contribution in [0.1, 0.15) is 11.5 Å². The molecular weight excluding hydrogens is 286 g/mol. The lowest BCUT2D eigenvalue weighted by molar-refractivity contribution is -0.121. The molecule has 3 heterocycles. The third-order valence-corrected chi connectivity index (χ3v) is 3.96. The molecule has 0 aliphatic carbocycles. The Hall–Kier alpha value is -2.34. The van der Waals surface area contributed by atoms with E-state index < -0.39 is 0 Å². The van der Waals surface area contributed by atoms with Gasteiger partial charge in [-0.1, -0.05) is 6.07 Å². The number of thioether (sulfide) groups is 1. The smallest absolute Gasteiger partial charge is 0.266 e. The Morgan fingerprint density at radius 1 is 1.33 bits per heavy atom. The fraction of sp³-hybridized carbons (Fsp3) is 0.133. The Morgan fingerprint density at radius 2 is 2.19 bits per heavy atom. The summed E-state index contributed by atoms with van der Waals surface area (Å²) in [5.41, 5.74) is 0.889. The summed E-state index contributed by atoms with van der Waals surface area (Å²) in [7, 11) is 1.70. The SMILES string of the molecule is Cc1cccc(/N=C2/S/C(=C/c3ccco3)C(=O)N2C)n1. The van der Waals surface area contributed by atoms with E-state index in [1.807, 2.05) is 25.1 Å². The van der Waals surface area contributed by atoms with E-state index in [1.54, 1.807) is 31.5 Å². The maximum Gasteiger partial charge on any atom is 0.266 e.